The molecule has 1 aliphatic heterocycles. The third-order valence-corrected chi connectivity index (χ3v) is 6.87. The van der Waals surface area contributed by atoms with Gasteiger partial charge in [0.05, 0.1) is 17.5 Å². The number of halogens is 6. The standard InChI is InChI=1S/C29H24F6N2O5/c1-37(27(41)19-12-20(28(30,31)32)14-21(13-19)29(33,34)35)22(8-9-25(39)42-23-15-24(38)36-26(23)40)11-16-6-7-17-4-2-3-5-18(17)10-16/h2-7,10,12-14,22-23H,8-9,11,15H2,1H3,(H,36,38,40). The van der Waals surface area contributed by atoms with E-state index in [1.54, 1.807) is 6.07 Å². The Hall–Kier alpha value is -4.42. The Morgan fingerprint density at radius 3 is 2.12 bits per heavy atom. The second-order valence-corrected chi connectivity index (χ2v) is 9.88. The summed E-state index contributed by atoms with van der Waals surface area (Å²) in [5.74, 6) is -3.38. The lowest BCUT2D eigenvalue weighted by molar-refractivity contribution is -0.154. The maximum Gasteiger partial charge on any atom is 0.416 e. The number of carbonyl (C=O) groups excluding carboxylic acids is 4. The highest BCUT2D eigenvalue weighted by Gasteiger charge is 2.38. The monoisotopic (exact) mass is 594 g/mol. The first-order valence-corrected chi connectivity index (χ1v) is 12.7. The molecule has 3 aromatic rings. The summed E-state index contributed by atoms with van der Waals surface area (Å²) in [7, 11) is 1.22. The molecular formula is C29H24F6N2O5. The fraction of sp³-hybridized carbons (Fsp3) is 0.310. The summed E-state index contributed by atoms with van der Waals surface area (Å²) in [6.45, 7) is 0. The van der Waals surface area contributed by atoms with Crippen molar-refractivity contribution in [2.75, 3.05) is 7.05 Å². The smallest absolute Gasteiger partial charge is 0.416 e. The van der Waals surface area contributed by atoms with Crippen LogP contribution in [0.4, 0.5) is 26.3 Å². The average Bonchev–Trinajstić information content (AvgIpc) is 3.24. The van der Waals surface area contributed by atoms with Crippen molar-refractivity contribution in [3.8, 4) is 0 Å². The molecule has 0 aliphatic carbocycles. The molecule has 0 aromatic heterocycles. The lowest BCUT2D eigenvalue weighted by Gasteiger charge is -2.29. The van der Waals surface area contributed by atoms with E-state index in [0.29, 0.717) is 17.7 Å². The number of rotatable bonds is 8. The van der Waals surface area contributed by atoms with Gasteiger partial charge in [-0.15, -0.1) is 0 Å². The topological polar surface area (TPSA) is 92.8 Å². The van der Waals surface area contributed by atoms with Gasteiger partial charge in [-0.05, 0) is 47.4 Å². The third-order valence-electron chi connectivity index (χ3n) is 6.87. The van der Waals surface area contributed by atoms with Crippen LogP contribution in [0.25, 0.3) is 10.8 Å². The van der Waals surface area contributed by atoms with E-state index in [1.165, 1.54) is 7.05 Å². The molecule has 0 bridgehead atoms. The molecule has 4 rings (SSSR count). The second kappa shape index (κ2) is 11.8. The molecule has 0 spiro atoms. The van der Waals surface area contributed by atoms with E-state index < -0.39 is 64.9 Å². The van der Waals surface area contributed by atoms with Crippen LogP contribution >= 0.6 is 0 Å². The number of imide groups is 1. The Morgan fingerprint density at radius 2 is 1.55 bits per heavy atom. The highest BCUT2D eigenvalue weighted by atomic mass is 19.4. The van der Waals surface area contributed by atoms with Gasteiger partial charge in [0.15, 0.2) is 6.10 Å². The molecule has 2 atom stereocenters. The minimum atomic E-state index is -5.14. The molecule has 222 valence electrons. The summed E-state index contributed by atoms with van der Waals surface area (Å²) in [5, 5.41) is 3.77. The van der Waals surface area contributed by atoms with Gasteiger partial charge in [-0.2, -0.15) is 26.3 Å². The molecule has 13 heteroatoms. The first-order valence-electron chi connectivity index (χ1n) is 12.7. The van der Waals surface area contributed by atoms with Crippen LogP contribution in [0, 0.1) is 0 Å². The van der Waals surface area contributed by atoms with Crippen molar-refractivity contribution in [2.24, 2.45) is 0 Å². The lowest BCUT2D eigenvalue weighted by atomic mass is 9.97. The highest BCUT2D eigenvalue weighted by molar-refractivity contribution is 6.05. The van der Waals surface area contributed by atoms with Gasteiger partial charge in [0, 0.05) is 25.1 Å². The number of fused-ring (bicyclic) bond motifs is 1. The summed E-state index contributed by atoms with van der Waals surface area (Å²) in [6.07, 6.45) is -12.3. The number of benzene rings is 3. The minimum absolute atomic E-state index is 0.0662. The maximum atomic E-state index is 13.4. The molecule has 3 aromatic carbocycles. The molecule has 7 nitrogen and oxygen atoms in total. The molecule has 1 heterocycles. The third kappa shape index (κ3) is 7.25. The average molecular weight is 595 g/mol. The number of likely N-dealkylation sites (N-methyl/N-ethyl adjacent to an activating group) is 1. The van der Waals surface area contributed by atoms with Gasteiger partial charge in [0.25, 0.3) is 11.8 Å². The van der Waals surface area contributed by atoms with Crippen LogP contribution in [0.2, 0.25) is 0 Å². The van der Waals surface area contributed by atoms with Gasteiger partial charge in [0.1, 0.15) is 0 Å². The van der Waals surface area contributed by atoms with Gasteiger partial charge < -0.3 is 9.64 Å². The van der Waals surface area contributed by atoms with Crippen molar-refractivity contribution >= 4 is 34.5 Å². The number of nitrogens with zero attached hydrogens (tertiary/aromatic N) is 1. The van der Waals surface area contributed by atoms with E-state index >= 15 is 0 Å². The first kappa shape index (κ1) is 30.5. The number of nitrogens with one attached hydrogen (secondary N) is 1. The molecular weight excluding hydrogens is 570 g/mol. The van der Waals surface area contributed by atoms with E-state index in [4.69, 9.17) is 4.74 Å². The fourth-order valence-electron chi connectivity index (χ4n) is 4.65. The van der Waals surface area contributed by atoms with Crippen LogP contribution in [0.5, 0.6) is 0 Å². The molecule has 1 fully saturated rings. The van der Waals surface area contributed by atoms with Gasteiger partial charge >= 0.3 is 18.3 Å². The highest BCUT2D eigenvalue weighted by Crippen LogP contribution is 2.36. The Morgan fingerprint density at radius 1 is 0.929 bits per heavy atom. The molecule has 1 saturated heterocycles. The van der Waals surface area contributed by atoms with Crippen molar-refractivity contribution < 1.29 is 50.3 Å². The SMILES string of the molecule is CN(C(=O)c1cc(C(F)(F)F)cc(C(F)(F)F)c1)C(CCC(=O)OC1CC(=O)NC1=O)Cc1ccc2ccccc2c1. The summed E-state index contributed by atoms with van der Waals surface area (Å²) >= 11 is 0. The van der Waals surface area contributed by atoms with Gasteiger partial charge in [-0.1, -0.05) is 42.5 Å². The number of hydrogen-bond donors (Lipinski definition) is 1. The maximum absolute atomic E-state index is 13.4. The van der Waals surface area contributed by atoms with Crippen molar-refractivity contribution in [1.82, 2.24) is 10.2 Å². The van der Waals surface area contributed by atoms with Crippen molar-refractivity contribution in [3.63, 3.8) is 0 Å². The normalized spacial score (nSPS) is 16.3. The largest absolute Gasteiger partial charge is 0.452 e. The quantitative estimate of drug-likeness (QED) is 0.217. The number of hydrogen-bond acceptors (Lipinski definition) is 5. The molecule has 42 heavy (non-hydrogen) atoms. The number of amides is 3. The van der Waals surface area contributed by atoms with Crippen LogP contribution in [0.15, 0.2) is 60.7 Å². The number of esters is 1. The first-order chi connectivity index (χ1) is 19.6. The zero-order valence-corrected chi connectivity index (χ0v) is 22.0. The van der Waals surface area contributed by atoms with E-state index in [0.717, 1.165) is 15.7 Å². The van der Waals surface area contributed by atoms with Crippen LogP contribution < -0.4 is 5.32 Å². The Balaban J connectivity index is 1.61. The van der Waals surface area contributed by atoms with Gasteiger partial charge in [0.2, 0.25) is 5.91 Å². The Bertz CT molecular complexity index is 1500. The zero-order valence-electron chi connectivity index (χ0n) is 22.0. The molecule has 1 aliphatic rings. The summed E-state index contributed by atoms with van der Waals surface area (Å²) in [5.41, 5.74) is -3.40. The summed E-state index contributed by atoms with van der Waals surface area (Å²) < 4.78 is 85.5. The predicted octanol–water partition coefficient (Wildman–Crippen LogP) is 5.30. The summed E-state index contributed by atoms with van der Waals surface area (Å²) in [4.78, 5) is 49.9. The van der Waals surface area contributed by atoms with Crippen LogP contribution in [-0.2, 0) is 37.9 Å². The predicted molar refractivity (Wildman–Crippen MR) is 137 cm³/mol. The Kier molecular flexibility index (Phi) is 8.60. The Labute approximate surface area is 235 Å². The van der Waals surface area contributed by atoms with E-state index in [9.17, 15) is 45.5 Å². The van der Waals surface area contributed by atoms with Crippen LogP contribution in [0.1, 0.15) is 46.3 Å². The summed E-state index contributed by atoms with van der Waals surface area (Å²) in [6, 6.07) is 12.5. The molecule has 3 amide bonds. The van der Waals surface area contributed by atoms with Gasteiger partial charge in [-0.3, -0.25) is 24.5 Å². The fourth-order valence-corrected chi connectivity index (χ4v) is 4.65. The van der Waals surface area contributed by atoms with Gasteiger partial charge in [-0.25, -0.2) is 0 Å². The van der Waals surface area contributed by atoms with Crippen LogP contribution in [0.3, 0.4) is 0 Å². The molecule has 1 N–H and O–H groups in total. The van der Waals surface area contributed by atoms with E-state index in [2.05, 4.69) is 0 Å². The van der Waals surface area contributed by atoms with E-state index in [1.807, 2.05) is 41.7 Å². The number of carbonyl (C=O) groups is 4. The van der Waals surface area contributed by atoms with E-state index in [-0.39, 0.29) is 31.7 Å². The molecule has 2 unspecified atom stereocenters. The van der Waals surface area contributed by atoms with Crippen molar-refractivity contribution in [3.05, 3.63) is 82.9 Å². The second-order valence-electron chi connectivity index (χ2n) is 9.88. The number of ether oxygens (including phenoxy) is 1. The molecule has 0 radical (unpaired) electrons. The minimum Gasteiger partial charge on any atom is -0.452 e. The number of alkyl halides is 6. The lowest BCUT2D eigenvalue weighted by Crippen LogP contribution is -2.39. The zero-order chi connectivity index (χ0) is 30.8. The van der Waals surface area contributed by atoms with Crippen LogP contribution in [-0.4, -0.2) is 47.8 Å². The molecule has 0 saturated carbocycles. The van der Waals surface area contributed by atoms with Crippen molar-refractivity contribution in [2.45, 2.75) is 50.2 Å². The van der Waals surface area contributed by atoms with Crippen molar-refractivity contribution in [1.29, 1.82) is 0 Å².